The van der Waals surface area contributed by atoms with E-state index in [1.165, 1.54) is 0 Å². The Hall–Kier alpha value is 0.790. The third kappa shape index (κ3) is 29.9. The molecule has 14 nitrogen and oxygen atoms in total. The van der Waals surface area contributed by atoms with Crippen molar-refractivity contribution in [3.05, 3.63) is 0 Å². The molecule has 0 radical (unpaired) electrons. The van der Waals surface area contributed by atoms with Crippen LogP contribution in [-0.2, 0) is 63.5 Å². The molecule has 0 heterocycles. The molecule has 6 atom stereocenters. The molecule has 19 heteroatoms. The van der Waals surface area contributed by atoms with Crippen LogP contribution in [0.15, 0.2) is 0 Å². The molecule has 0 aliphatic carbocycles. The minimum atomic E-state index is -3.97. The summed E-state index contributed by atoms with van der Waals surface area (Å²) in [6.07, 6.45) is 17.6. The third-order valence-electron chi connectivity index (χ3n) is 13.1. The Bertz CT molecular complexity index is 1460. The van der Waals surface area contributed by atoms with Crippen LogP contribution in [0.4, 0.5) is 0 Å². The van der Waals surface area contributed by atoms with E-state index in [0.717, 1.165) is 96.3 Å². The van der Waals surface area contributed by atoms with Crippen molar-refractivity contribution >= 4 is 37.8 Å². The minimum absolute atomic E-state index is 0.220. The Labute approximate surface area is 437 Å². The van der Waals surface area contributed by atoms with E-state index < -0.39 is 66.0 Å². The Morgan fingerprint density at radius 2 is 0.549 bits per heavy atom. The average molecular weight is 1120 g/mol. The van der Waals surface area contributed by atoms with Crippen molar-refractivity contribution in [2.75, 3.05) is 66.1 Å². The first-order chi connectivity index (χ1) is 33.9. The van der Waals surface area contributed by atoms with Gasteiger partial charge in [-0.3, -0.25) is 22.8 Å². The molecule has 71 heavy (non-hydrogen) atoms. The van der Waals surface area contributed by atoms with Crippen LogP contribution in [-0.4, -0.2) is 94.4 Å². The summed E-state index contributed by atoms with van der Waals surface area (Å²) in [6, 6.07) is 0. The van der Waals surface area contributed by atoms with Gasteiger partial charge in [0.25, 0.3) is 0 Å². The molecule has 0 bridgehead atoms. The molecule has 6 unspecified atom stereocenters. The molecule has 0 saturated carbocycles. The van der Waals surface area contributed by atoms with E-state index in [9.17, 15) is 9.13 Å². The van der Waals surface area contributed by atoms with Crippen LogP contribution < -0.4 is 0 Å². The van der Waals surface area contributed by atoms with Crippen LogP contribution in [0.25, 0.3) is 0 Å². The van der Waals surface area contributed by atoms with Crippen LogP contribution in [0, 0.1) is 0 Å². The summed E-state index contributed by atoms with van der Waals surface area (Å²) >= 11 is 0. The number of rotatable bonds is 53. The van der Waals surface area contributed by atoms with Gasteiger partial charge in [0.15, 0.2) is 0 Å². The number of unbranched alkanes of at least 4 members (excludes halogenated alkanes) is 10. The average Bonchev–Trinajstić information content (AvgIpc) is 3.33. The van der Waals surface area contributed by atoms with Crippen molar-refractivity contribution in [3.8, 4) is 0 Å². The molecule has 0 aliphatic heterocycles. The van der Waals surface area contributed by atoms with Gasteiger partial charge in [0.2, 0.25) is 7.37 Å². The van der Waals surface area contributed by atoms with Crippen LogP contribution >= 0.6 is 37.8 Å². The highest BCUT2D eigenvalue weighted by molar-refractivity contribution is 7.61. The number of hydrogen-bond acceptors (Lipinski definition) is 14. The first kappa shape index (κ1) is 71.8. The van der Waals surface area contributed by atoms with Gasteiger partial charge in [-0.05, 0) is 96.3 Å². The minimum Gasteiger partial charge on any atom is -0.328 e. The van der Waals surface area contributed by atoms with Crippen molar-refractivity contribution in [1.82, 2.24) is 0 Å². The molecule has 0 amide bonds. The largest absolute Gasteiger partial charge is 0.334 e. The zero-order valence-corrected chi connectivity index (χ0v) is 52.1. The lowest BCUT2D eigenvalue weighted by atomic mass is 10.0. The second-order valence-electron chi connectivity index (χ2n) is 19.7. The van der Waals surface area contributed by atoms with Gasteiger partial charge in [0.05, 0.1) is 82.1 Å². The molecule has 428 valence electrons. The molecule has 0 aromatic heterocycles. The normalized spacial score (nSPS) is 15.9. The molecule has 0 saturated heterocycles. The van der Waals surface area contributed by atoms with Crippen molar-refractivity contribution in [2.45, 2.75) is 271 Å². The molecular formula is C52H111O14P5. The quantitative estimate of drug-likeness (QED) is 0.0416. The summed E-state index contributed by atoms with van der Waals surface area (Å²) < 4.78 is 131. The maximum absolute atomic E-state index is 15.7. The highest BCUT2D eigenvalue weighted by Gasteiger charge is 2.49. The highest BCUT2D eigenvalue weighted by Crippen LogP contribution is 2.66. The van der Waals surface area contributed by atoms with Crippen molar-refractivity contribution in [2.24, 2.45) is 0 Å². The Balaban J connectivity index is 7.45. The van der Waals surface area contributed by atoms with E-state index in [0.29, 0.717) is 104 Å². The van der Waals surface area contributed by atoms with Crippen LogP contribution in [0.3, 0.4) is 0 Å². The lowest BCUT2D eigenvalue weighted by Crippen LogP contribution is -2.31. The van der Waals surface area contributed by atoms with E-state index in [-0.39, 0.29) is 26.2 Å². The van der Waals surface area contributed by atoms with Gasteiger partial charge in [0.1, 0.15) is 0 Å². The fourth-order valence-electron chi connectivity index (χ4n) is 7.89. The predicted octanol–water partition coefficient (Wildman–Crippen LogP) is 19.0. The smallest absolute Gasteiger partial charge is 0.328 e. The maximum atomic E-state index is 15.7. The summed E-state index contributed by atoms with van der Waals surface area (Å²) in [5.74, 6) is 0. The summed E-state index contributed by atoms with van der Waals surface area (Å²) in [6.45, 7) is 26.5. The second-order valence-corrected chi connectivity index (χ2v) is 32.0. The Morgan fingerprint density at radius 1 is 0.282 bits per heavy atom. The van der Waals surface area contributed by atoms with Gasteiger partial charge in [-0.1, -0.05) is 147 Å². The molecule has 0 aromatic carbocycles. The molecule has 0 N–H and O–H groups in total. The second kappa shape index (κ2) is 42.8. The summed E-state index contributed by atoms with van der Waals surface area (Å²) in [5.41, 5.74) is -3.08. The predicted molar refractivity (Wildman–Crippen MR) is 299 cm³/mol. The van der Waals surface area contributed by atoms with Crippen LogP contribution in [0.1, 0.15) is 243 Å². The lowest BCUT2D eigenvalue weighted by Gasteiger charge is -2.37. The Morgan fingerprint density at radius 3 is 0.873 bits per heavy atom. The van der Waals surface area contributed by atoms with Gasteiger partial charge in [-0.2, -0.15) is 0 Å². The zero-order chi connectivity index (χ0) is 53.5. The van der Waals surface area contributed by atoms with Crippen LogP contribution in [0.5, 0.6) is 0 Å². The Kier molecular flexibility index (Phi) is 43.2. The topological polar surface area (TPSA) is 168 Å². The van der Waals surface area contributed by atoms with E-state index in [1.54, 1.807) is 6.66 Å². The van der Waals surface area contributed by atoms with Gasteiger partial charge in [0, 0.05) is 12.3 Å². The standard InChI is InChI=1S/C52H111O14P5/c1-13-22-39-58-67(12,53)51(38-36-49(11)69(55,61-42-25-16-4)62-43-26-17-5)52(71(57,65-46-29-20-8)66-47-30-21-9)34-32-31-33-50(70(56,63-44-27-18-6)64-45-28-19-7)37-35-48(10)68(54,59-40-23-14-2)60-41-24-15-3/h48-52H,13-47H2,1-12H3. The van der Waals surface area contributed by atoms with E-state index in [2.05, 4.69) is 48.5 Å². The maximum Gasteiger partial charge on any atom is 0.334 e. The highest BCUT2D eigenvalue weighted by atomic mass is 31.2. The molecule has 0 aromatic rings. The van der Waals surface area contributed by atoms with E-state index >= 15 is 13.7 Å². The summed E-state index contributed by atoms with van der Waals surface area (Å²) in [4.78, 5) is 0. The molecule has 0 fully saturated rings. The molecule has 0 rings (SSSR count). The van der Waals surface area contributed by atoms with Gasteiger partial charge < -0.3 is 40.7 Å². The lowest BCUT2D eigenvalue weighted by molar-refractivity contribution is 0.184. The van der Waals surface area contributed by atoms with Crippen molar-refractivity contribution in [1.29, 1.82) is 0 Å². The molecular weight excluding hydrogens is 1000 g/mol. The van der Waals surface area contributed by atoms with Crippen molar-refractivity contribution in [3.63, 3.8) is 0 Å². The van der Waals surface area contributed by atoms with E-state index in [4.69, 9.17) is 40.7 Å². The first-order valence-corrected chi connectivity index (χ1v) is 37.3. The van der Waals surface area contributed by atoms with Gasteiger partial charge in [-0.15, -0.1) is 0 Å². The van der Waals surface area contributed by atoms with E-state index in [1.807, 2.05) is 27.7 Å². The number of hydrogen-bond donors (Lipinski definition) is 0. The monoisotopic (exact) mass is 1110 g/mol. The van der Waals surface area contributed by atoms with Crippen molar-refractivity contribution < 1.29 is 63.5 Å². The van der Waals surface area contributed by atoms with Gasteiger partial charge in [-0.25, -0.2) is 0 Å². The molecule has 0 aliphatic rings. The first-order valence-electron chi connectivity index (χ1n) is 28.7. The SMILES string of the molecule is CCCCOP(C)(=O)C(CCC(C)P(=O)(OCCCC)OCCCC)C(CCCCC(CCC(C)P(=O)(OCCCC)OCCCC)P(=O)(OCCCC)OCCCC)P(=O)(OCCCC)OCCCC. The van der Waals surface area contributed by atoms with Crippen LogP contribution in [0.2, 0.25) is 0 Å². The van der Waals surface area contributed by atoms with Gasteiger partial charge >= 0.3 is 30.4 Å². The fraction of sp³-hybridized carbons (Fsp3) is 1.00. The third-order valence-corrected chi connectivity index (χ3v) is 25.7. The summed E-state index contributed by atoms with van der Waals surface area (Å²) in [7, 11) is -18.3. The summed E-state index contributed by atoms with van der Waals surface area (Å²) in [5, 5.41) is 0. The zero-order valence-electron chi connectivity index (χ0n) is 47.6. The fourth-order valence-corrected chi connectivity index (χ4v) is 19.3. The molecule has 0 spiro atoms.